The maximum absolute atomic E-state index is 2.26. The molecule has 2 aliphatic rings. The largest absolute Gasteiger partial charge is 0.0801 e. The maximum Gasteiger partial charge on any atom is -0.00208 e. The van der Waals surface area contributed by atoms with Crippen LogP contribution in [0.4, 0.5) is 0 Å². The predicted molar refractivity (Wildman–Crippen MR) is 77.3 cm³/mol. The lowest BCUT2D eigenvalue weighted by atomic mass is 9.75. The van der Waals surface area contributed by atoms with Crippen LogP contribution in [0.3, 0.4) is 0 Å². The molecule has 0 aromatic heterocycles. The van der Waals surface area contributed by atoms with Gasteiger partial charge < -0.3 is 0 Å². The lowest BCUT2D eigenvalue weighted by Crippen LogP contribution is -2.04. The van der Waals surface area contributed by atoms with Gasteiger partial charge in [0.2, 0.25) is 0 Å². The maximum atomic E-state index is 2.26. The molecule has 0 amide bonds. The van der Waals surface area contributed by atoms with Crippen molar-refractivity contribution in [3.63, 3.8) is 0 Å². The minimum absolute atomic E-state index is 1.07. The topological polar surface area (TPSA) is 0 Å². The van der Waals surface area contributed by atoms with Gasteiger partial charge >= 0.3 is 0 Å². The van der Waals surface area contributed by atoms with E-state index in [0.29, 0.717) is 0 Å². The van der Waals surface area contributed by atoms with E-state index in [-0.39, 0.29) is 0 Å². The van der Waals surface area contributed by atoms with Gasteiger partial charge in [-0.15, -0.1) is 0 Å². The Balaban J connectivity index is 1.98. The molecule has 4 rings (SSSR count). The molecule has 2 aromatic rings. The lowest BCUT2D eigenvalue weighted by Gasteiger charge is -2.28. The summed E-state index contributed by atoms with van der Waals surface area (Å²) in [7, 11) is 0. The molecule has 0 N–H and O–H groups in total. The van der Waals surface area contributed by atoms with Gasteiger partial charge in [-0.3, -0.25) is 0 Å². The Hall–Kier alpha value is -2.08. The monoisotopic (exact) mass is 230 g/mol. The number of benzene rings is 2. The fourth-order valence-corrected chi connectivity index (χ4v) is 3.13. The quantitative estimate of drug-likeness (QED) is 0.552. The summed E-state index contributed by atoms with van der Waals surface area (Å²) in [5, 5.41) is 0. The van der Waals surface area contributed by atoms with E-state index in [1.54, 1.807) is 0 Å². The number of aryl methyl sites for hydroxylation is 1. The summed E-state index contributed by atoms with van der Waals surface area (Å²) < 4.78 is 0. The summed E-state index contributed by atoms with van der Waals surface area (Å²) in [6, 6.07) is 13.2. The van der Waals surface area contributed by atoms with Gasteiger partial charge in [-0.05, 0) is 52.3 Å². The molecule has 0 heterocycles. The molecular formula is C18H14. The van der Waals surface area contributed by atoms with Crippen LogP contribution < -0.4 is 0 Å². The van der Waals surface area contributed by atoms with Crippen molar-refractivity contribution in [3.8, 4) is 22.3 Å². The summed E-state index contributed by atoms with van der Waals surface area (Å²) >= 11 is 0. The minimum Gasteiger partial charge on any atom is -0.0801 e. The Morgan fingerprint density at radius 3 is 2.44 bits per heavy atom. The van der Waals surface area contributed by atoms with Crippen LogP contribution in [0, 0.1) is 6.92 Å². The SMILES string of the molecule is Cc1ccc2c(c1C1=CC=CC1)-c1ccccc1-2. The molecule has 0 saturated heterocycles. The second kappa shape index (κ2) is 3.46. The Morgan fingerprint density at radius 1 is 0.833 bits per heavy atom. The molecule has 0 nitrogen and oxygen atoms in total. The average Bonchev–Trinajstić information content (AvgIpc) is 2.89. The van der Waals surface area contributed by atoms with Crippen molar-refractivity contribution in [2.24, 2.45) is 0 Å². The van der Waals surface area contributed by atoms with Crippen LogP contribution in [0.25, 0.3) is 27.8 Å². The van der Waals surface area contributed by atoms with Crippen LogP contribution in [0.5, 0.6) is 0 Å². The van der Waals surface area contributed by atoms with E-state index >= 15 is 0 Å². The van der Waals surface area contributed by atoms with Crippen molar-refractivity contribution in [1.29, 1.82) is 0 Å². The highest BCUT2D eigenvalue weighted by molar-refractivity contribution is 6.07. The van der Waals surface area contributed by atoms with E-state index in [9.17, 15) is 0 Å². The summed E-state index contributed by atoms with van der Waals surface area (Å²) in [6.45, 7) is 2.22. The van der Waals surface area contributed by atoms with E-state index in [1.165, 1.54) is 39.0 Å². The van der Waals surface area contributed by atoms with Crippen molar-refractivity contribution >= 4 is 5.57 Å². The van der Waals surface area contributed by atoms with Crippen molar-refractivity contribution < 1.29 is 0 Å². The lowest BCUT2D eigenvalue weighted by molar-refractivity contribution is 1.34. The Morgan fingerprint density at radius 2 is 1.67 bits per heavy atom. The summed E-state index contributed by atoms with van der Waals surface area (Å²) in [4.78, 5) is 0. The first kappa shape index (κ1) is 9.90. The van der Waals surface area contributed by atoms with Gasteiger partial charge in [0.15, 0.2) is 0 Å². The molecule has 0 spiro atoms. The standard InChI is InChI=1S/C18H14/c1-12-10-11-16-14-8-4-5-9-15(14)18(16)17(12)13-6-2-3-7-13/h2-6,8-11H,7H2,1H3. The molecule has 0 bridgehead atoms. The highest BCUT2D eigenvalue weighted by atomic mass is 14.3. The summed E-state index contributed by atoms with van der Waals surface area (Å²) in [6.07, 6.45) is 7.72. The number of allylic oxidation sites excluding steroid dienone is 4. The van der Waals surface area contributed by atoms with Gasteiger partial charge in [0.1, 0.15) is 0 Å². The number of hydrogen-bond acceptors (Lipinski definition) is 0. The molecule has 0 fully saturated rings. The average molecular weight is 230 g/mol. The van der Waals surface area contributed by atoms with Crippen molar-refractivity contribution in [3.05, 3.63) is 65.8 Å². The van der Waals surface area contributed by atoms with Crippen LogP contribution in [0.2, 0.25) is 0 Å². The fourth-order valence-electron chi connectivity index (χ4n) is 3.13. The van der Waals surface area contributed by atoms with Gasteiger partial charge in [0.25, 0.3) is 0 Å². The summed E-state index contributed by atoms with van der Waals surface area (Å²) in [5.74, 6) is 0. The third-order valence-electron chi connectivity index (χ3n) is 3.99. The minimum atomic E-state index is 1.07. The third-order valence-corrected chi connectivity index (χ3v) is 3.99. The molecule has 0 radical (unpaired) electrons. The molecule has 2 aromatic carbocycles. The van der Waals surface area contributed by atoms with E-state index < -0.39 is 0 Å². The third kappa shape index (κ3) is 1.15. The Bertz CT molecular complexity index is 715. The van der Waals surface area contributed by atoms with Gasteiger partial charge in [-0.2, -0.15) is 0 Å². The smallest absolute Gasteiger partial charge is 0.00208 e. The van der Waals surface area contributed by atoms with Crippen molar-refractivity contribution in [2.45, 2.75) is 13.3 Å². The van der Waals surface area contributed by atoms with Gasteiger partial charge in [0, 0.05) is 0 Å². The van der Waals surface area contributed by atoms with E-state index in [1.807, 2.05) is 0 Å². The van der Waals surface area contributed by atoms with Crippen LogP contribution in [0.15, 0.2) is 54.6 Å². The van der Waals surface area contributed by atoms with Crippen LogP contribution in [-0.4, -0.2) is 0 Å². The Labute approximate surface area is 107 Å². The van der Waals surface area contributed by atoms with Crippen LogP contribution >= 0.6 is 0 Å². The molecule has 0 aliphatic heterocycles. The second-order valence-electron chi connectivity index (χ2n) is 5.05. The zero-order valence-corrected chi connectivity index (χ0v) is 10.4. The van der Waals surface area contributed by atoms with Gasteiger partial charge in [0.05, 0.1) is 0 Å². The molecule has 0 saturated carbocycles. The van der Waals surface area contributed by atoms with E-state index in [2.05, 4.69) is 61.5 Å². The molecule has 0 atom stereocenters. The molecule has 0 unspecified atom stereocenters. The summed E-state index contributed by atoms with van der Waals surface area (Å²) in [5.41, 5.74) is 9.99. The normalized spacial score (nSPS) is 14.8. The first-order chi connectivity index (χ1) is 8.86. The highest BCUT2D eigenvalue weighted by Gasteiger charge is 2.26. The Kier molecular flexibility index (Phi) is 1.90. The highest BCUT2D eigenvalue weighted by Crippen LogP contribution is 2.51. The predicted octanol–water partition coefficient (Wildman–Crippen LogP) is 4.99. The number of fused-ring (bicyclic) bond motifs is 4. The first-order valence-corrected chi connectivity index (χ1v) is 6.46. The fraction of sp³-hybridized carbons (Fsp3) is 0.111. The van der Waals surface area contributed by atoms with Gasteiger partial charge in [-0.1, -0.05) is 54.6 Å². The van der Waals surface area contributed by atoms with Crippen molar-refractivity contribution in [1.82, 2.24) is 0 Å². The second-order valence-corrected chi connectivity index (χ2v) is 5.05. The molecule has 2 aliphatic carbocycles. The zero-order chi connectivity index (χ0) is 12.1. The molecule has 0 heteroatoms. The van der Waals surface area contributed by atoms with Crippen LogP contribution in [-0.2, 0) is 0 Å². The molecule has 86 valence electrons. The number of hydrogen-bond donors (Lipinski definition) is 0. The van der Waals surface area contributed by atoms with E-state index in [0.717, 1.165) is 6.42 Å². The first-order valence-electron chi connectivity index (χ1n) is 6.46. The zero-order valence-electron chi connectivity index (χ0n) is 10.4. The van der Waals surface area contributed by atoms with Crippen molar-refractivity contribution in [2.75, 3.05) is 0 Å². The van der Waals surface area contributed by atoms with Crippen LogP contribution in [0.1, 0.15) is 17.5 Å². The van der Waals surface area contributed by atoms with E-state index in [4.69, 9.17) is 0 Å². The van der Waals surface area contributed by atoms with Gasteiger partial charge in [-0.25, -0.2) is 0 Å². The molecular weight excluding hydrogens is 216 g/mol. The molecule has 18 heavy (non-hydrogen) atoms. The number of rotatable bonds is 1.